The van der Waals surface area contributed by atoms with Crippen LogP contribution in [0.4, 0.5) is 24.9 Å². The molecule has 0 atom stereocenters. The van der Waals surface area contributed by atoms with Crippen LogP contribution in [-0.4, -0.2) is 34.6 Å². The van der Waals surface area contributed by atoms with E-state index in [0.717, 1.165) is 11.1 Å². The number of ether oxygens (including phenoxy) is 1. The Kier molecular flexibility index (Phi) is 7.30. The number of aliphatic hydroxyl groups excluding tert-OH is 1. The van der Waals surface area contributed by atoms with Gasteiger partial charge in [0.05, 0.1) is 5.69 Å². The zero-order chi connectivity index (χ0) is 22.3. The van der Waals surface area contributed by atoms with E-state index in [-0.39, 0.29) is 12.4 Å². The first-order valence-electron chi connectivity index (χ1n) is 9.72. The number of aliphatic hydroxyl groups is 1. The predicted molar refractivity (Wildman–Crippen MR) is 113 cm³/mol. The predicted octanol–water partition coefficient (Wildman–Crippen LogP) is 4.76. The van der Waals surface area contributed by atoms with E-state index >= 15 is 0 Å². The molecule has 0 aliphatic carbocycles. The standard InChI is InChI=1S/C22H23F3N4O2/c1-15-5-2-6-16(11-15)14-27-20-13-19(28-21(29-20)26-9-4-10-30)17-7-3-8-18(12-17)31-22(23,24)25/h2-3,5-8,11-13,30H,4,9-10,14H2,1H3,(H2,26,27,28,29). The normalized spacial score (nSPS) is 11.3. The highest BCUT2D eigenvalue weighted by Crippen LogP contribution is 2.28. The number of aromatic nitrogens is 2. The van der Waals surface area contributed by atoms with Crippen molar-refractivity contribution >= 4 is 11.8 Å². The van der Waals surface area contributed by atoms with Gasteiger partial charge in [-0.1, -0.05) is 42.0 Å². The lowest BCUT2D eigenvalue weighted by atomic mass is 10.1. The fourth-order valence-electron chi connectivity index (χ4n) is 2.91. The van der Waals surface area contributed by atoms with Crippen molar-refractivity contribution in [1.82, 2.24) is 9.97 Å². The monoisotopic (exact) mass is 432 g/mol. The minimum Gasteiger partial charge on any atom is -0.406 e. The van der Waals surface area contributed by atoms with Gasteiger partial charge in [0.2, 0.25) is 5.95 Å². The number of nitrogens with one attached hydrogen (secondary N) is 2. The van der Waals surface area contributed by atoms with Crippen molar-refractivity contribution < 1.29 is 23.0 Å². The number of benzene rings is 2. The molecule has 0 radical (unpaired) electrons. The Morgan fingerprint density at radius 3 is 2.55 bits per heavy atom. The topological polar surface area (TPSA) is 79.3 Å². The molecule has 0 aliphatic rings. The van der Waals surface area contributed by atoms with Gasteiger partial charge in [-0.25, -0.2) is 4.98 Å². The molecule has 9 heteroatoms. The summed E-state index contributed by atoms with van der Waals surface area (Å²) in [5.74, 6) is 0.493. The molecule has 0 fully saturated rings. The summed E-state index contributed by atoms with van der Waals surface area (Å²) in [6.07, 6.45) is -4.27. The van der Waals surface area contributed by atoms with Crippen LogP contribution in [0.3, 0.4) is 0 Å². The van der Waals surface area contributed by atoms with E-state index in [4.69, 9.17) is 5.11 Å². The molecular weight excluding hydrogens is 409 g/mol. The first-order chi connectivity index (χ1) is 14.8. The Morgan fingerprint density at radius 1 is 1.00 bits per heavy atom. The molecule has 3 rings (SSSR count). The van der Waals surface area contributed by atoms with Gasteiger partial charge in [-0.2, -0.15) is 4.98 Å². The van der Waals surface area contributed by atoms with Crippen LogP contribution in [0.2, 0.25) is 0 Å². The van der Waals surface area contributed by atoms with Crippen molar-refractivity contribution in [1.29, 1.82) is 0 Å². The maximum Gasteiger partial charge on any atom is 0.573 e. The maximum atomic E-state index is 12.6. The Bertz CT molecular complexity index is 1010. The summed E-state index contributed by atoms with van der Waals surface area (Å²) >= 11 is 0. The second-order valence-corrected chi connectivity index (χ2v) is 6.88. The summed E-state index contributed by atoms with van der Waals surface area (Å²) in [5.41, 5.74) is 3.08. The third-order valence-electron chi connectivity index (χ3n) is 4.26. The second-order valence-electron chi connectivity index (χ2n) is 6.88. The Labute approximate surface area is 178 Å². The molecule has 1 aromatic heterocycles. The van der Waals surface area contributed by atoms with Gasteiger partial charge in [-0.15, -0.1) is 13.2 Å². The van der Waals surface area contributed by atoms with Crippen LogP contribution in [-0.2, 0) is 6.54 Å². The van der Waals surface area contributed by atoms with Gasteiger partial charge in [0.1, 0.15) is 11.6 Å². The number of hydrogen-bond acceptors (Lipinski definition) is 6. The van der Waals surface area contributed by atoms with Crippen LogP contribution in [0, 0.1) is 6.92 Å². The Hall–Kier alpha value is -3.33. The molecule has 31 heavy (non-hydrogen) atoms. The fourth-order valence-corrected chi connectivity index (χ4v) is 2.91. The smallest absolute Gasteiger partial charge is 0.406 e. The fraction of sp³-hybridized carbons (Fsp3) is 0.273. The summed E-state index contributed by atoms with van der Waals surface area (Å²) < 4.78 is 41.8. The summed E-state index contributed by atoms with van der Waals surface area (Å²) in [6.45, 7) is 2.99. The lowest BCUT2D eigenvalue weighted by Crippen LogP contribution is -2.17. The maximum absolute atomic E-state index is 12.6. The van der Waals surface area contributed by atoms with Gasteiger partial charge in [0, 0.05) is 31.3 Å². The van der Waals surface area contributed by atoms with Crippen molar-refractivity contribution in [2.75, 3.05) is 23.8 Å². The molecule has 0 saturated carbocycles. The summed E-state index contributed by atoms with van der Waals surface area (Å²) in [6, 6.07) is 15.3. The molecule has 3 aromatic rings. The van der Waals surface area contributed by atoms with E-state index in [1.165, 1.54) is 18.2 Å². The minimum absolute atomic E-state index is 0.0159. The largest absolute Gasteiger partial charge is 0.573 e. The van der Waals surface area contributed by atoms with Crippen LogP contribution in [0.15, 0.2) is 54.6 Å². The number of nitrogens with zero attached hydrogens (tertiary/aromatic N) is 2. The quantitative estimate of drug-likeness (QED) is 0.423. The molecular formula is C22H23F3N4O2. The highest BCUT2D eigenvalue weighted by molar-refractivity contribution is 5.66. The van der Waals surface area contributed by atoms with E-state index in [9.17, 15) is 13.2 Å². The van der Waals surface area contributed by atoms with Crippen LogP contribution in [0.25, 0.3) is 11.3 Å². The number of alkyl halides is 3. The van der Waals surface area contributed by atoms with Crippen LogP contribution < -0.4 is 15.4 Å². The van der Waals surface area contributed by atoms with E-state index in [1.54, 1.807) is 12.1 Å². The van der Waals surface area contributed by atoms with Crippen LogP contribution in [0.1, 0.15) is 17.5 Å². The van der Waals surface area contributed by atoms with Crippen molar-refractivity contribution in [2.45, 2.75) is 26.3 Å². The molecule has 0 spiro atoms. The molecule has 2 aromatic carbocycles. The Balaban J connectivity index is 1.87. The number of hydrogen-bond donors (Lipinski definition) is 3. The average molecular weight is 432 g/mol. The van der Waals surface area contributed by atoms with Crippen molar-refractivity contribution in [3.05, 3.63) is 65.7 Å². The number of anilines is 2. The summed E-state index contributed by atoms with van der Waals surface area (Å²) in [4.78, 5) is 8.83. The molecule has 0 unspecified atom stereocenters. The number of rotatable bonds is 9. The zero-order valence-corrected chi connectivity index (χ0v) is 16.9. The molecule has 3 N–H and O–H groups in total. The first-order valence-corrected chi connectivity index (χ1v) is 9.72. The molecule has 0 aliphatic heterocycles. The molecule has 1 heterocycles. The van der Waals surface area contributed by atoms with Gasteiger partial charge in [0.25, 0.3) is 0 Å². The first kappa shape index (κ1) is 22.4. The second kappa shape index (κ2) is 10.1. The van der Waals surface area contributed by atoms with E-state index in [0.29, 0.717) is 42.5 Å². The molecule has 0 bridgehead atoms. The minimum atomic E-state index is -4.78. The van der Waals surface area contributed by atoms with Gasteiger partial charge < -0.3 is 20.5 Å². The lowest BCUT2D eigenvalue weighted by Gasteiger charge is -2.13. The lowest BCUT2D eigenvalue weighted by molar-refractivity contribution is -0.274. The van der Waals surface area contributed by atoms with Crippen LogP contribution >= 0.6 is 0 Å². The van der Waals surface area contributed by atoms with Crippen molar-refractivity contribution in [2.24, 2.45) is 0 Å². The molecule has 0 saturated heterocycles. The SMILES string of the molecule is Cc1cccc(CNc2cc(-c3cccc(OC(F)(F)F)c3)nc(NCCCO)n2)c1. The molecule has 164 valence electrons. The van der Waals surface area contributed by atoms with Gasteiger partial charge in [0.15, 0.2) is 0 Å². The van der Waals surface area contributed by atoms with Crippen LogP contribution in [0.5, 0.6) is 5.75 Å². The van der Waals surface area contributed by atoms with Gasteiger partial charge >= 0.3 is 6.36 Å². The van der Waals surface area contributed by atoms with Crippen molar-refractivity contribution in [3.63, 3.8) is 0 Å². The zero-order valence-electron chi connectivity index (χ0n) is 16.9. The number of halogens is 3. The third-order valence-corrected chi connectivity index (χ3v) is 4.26. The van der Waals surface area contributed by atoms with E-state index < -0.39 is 6.36 Å². The molecule has 6 nitrogen and oxygen atoms in total. The highest BCUT2D eigenvalue weighted by atomic mass is 19.4. The van der Waals surface area contributed by atoms with Crippen molar-refractivity contribution in [3.8, 4) is 17.0 Å². The molecule has 0 amide bonds. The van der Waals surface area contributed by atoms with E-state index in [2.05, 4.69) is 25.3 Å². The number of aryl methyl sites for hydroxylation is 1. The van der Waals surface area contributed by atoms with E-state index in [1.807, 2.05) is 31.2 Å². The highest BCUT2D eigenvalue weighted by Gasteiger charge is 2.31. The average Bonchev–Trinajstić information content (AvgIpc) is 2.71. The summed E-state index contributed by atoms with van der Waals surface area (Å²) in [7, 11) is 0. The van der Waals surface area contributed by atoms with Gasteiger partial charge in [-0.05, 0) is 31.0 Å². The third kappa shape index (κ3) is 7.14. The summed E-state index contributed by atoms with van der Waals surface area (Å²) in [5, 5.41) is 15.2. The Morgan fingerprint density at radius 2 is 1.81 bits per heavy atom. The van der Waals surface area contributed by atoms with Gasteiger partial charge in [-0.3, -0.25) is 0 Å².